The van der Waals surface area contributed by atoms with E-state index in [1.807, 2.05) is 20.8 Å². The number of nitrogens with one attached hydrogen (secondary N) is 1. The fourth-order valence-electron chi connectivity index (χ4n) is 3.24. The zero-order valence-electron chi connectivity index (χ0n) is 14.3. The van der Waals surface area contributed by atoms with E-state index in [1.54, 1.807) is 0 Å². The third-order valence-corrected chi connectivity index (χ3v) is 4.33. The molecule has 1 aromatic rings. The van der Waals surface area contributed by atoms with Crippen LogP contribution in [-0.2, 0) is 16.0 Å². The van der Waals surface area contributed by atoms with Crippen molar-refractivity contribution < 1.29 is 23.6 Å². The SMILES string of the molecule is CC(C)(C)Cc1cc2c(cc1F)C(=O)N(C1CCC(=O)NC1=O)C2=O. The van der Waals surface area contributed by atoms with Crippen LogP contribution in [0.3, 0.4) is 0 Å². The number of nitrogens with zero attached hydrogens (tertiary/aromatic N) is 1. The van der Waals surface area contributed by atoms with Gasteiger partial charge in [0.15, 0.2) is 0 Å². The molecule has 2 aliphatic rings. The Kier molecular flexibility index (Phi) is 3.97. The van der Waals surface area contributed by atoms with Crippen LogP contribution in [0, 0.1) is 11.2 Å². The van der Waals surface area contributed by atoms with Crippen LogP contribution >= 0.6 is 0 Å². The number of carbonyl (C=O) groups excluding carboxylic acids is 4. The summed E-state index contributed by atoms with van der Waals surface area (Å²) < 4.78 is 14.4. The lowest BCUT2D eigenvalue weighted by molar-refractivity contribution is -0.136. The number of rotatable bonds is 2. The van der Waals surface area contributed by atoms with E-state index >= 15 is 0 Å². The molecule has 0 spiro atoms. The molecule has 1 fully saturated rings. The lowest BCUT2D eigenvalue weighted by Crippen LogP contribution is -2.54. The van der Waals surface area contributed by atoms with Gasteiger partial charge in [-0.05, 0) is 36.0 Å². The second-order valence-electron chi connectivity index (χ2n) is 7.67. The van der Waals surface area contributed by atoms with Crippen molar-refractivity contribution in [1.29, 1.82) is 0 Å². The number of hydrogen-bond acceptors (Lipinski definition) is 4. The molecule has 0 saturated carbocycles. The fourth-order valence-corrected chi connectivity index (χ4v) is 3.24. The minimum absolute atomic E-state index is 0.0372. The molecule has 7 heteroatoms. The molecular formula is C18H19FN2O4. The maximum absolute atomic E-state index is 14.4. The number of benzene rings is 1. The lowest BCUT2D eigenvalue weighted by atomic mass is 9.87. The molecule has 132 valence electrons. The third kappa shape index (κ3) is 3.06. The van der Waals surface area contributed by atoms with Gasteiger partial charge in [-0.3, -0.25) is 29.4 Å². The third-order valence-electron chi connectivity index (χ3n) is 4.33. The zero-order chi connectivity index (χ0) is 18.5. The summed E-state index contributed by atoms with van der Waals surface area (Å²) >= 11 is 0. The Morgan fingerprint density at radius 2 is 1.72 bits per heavy atom. The van der Waals surface area contributed by atoms with Gasteiger partial charge in [0.25, 0.3) is 11.8 Å². The summed E-state index contributed by atoms with van der Waals surface area (Å²) in [5, 5.41) is 2.13. The van der Waals surface area contributed by atoms with E-state index in [1.165, 1.54) is 6.07 Å². The van der Waals surface area contributed by atoms with Crippen LogP contribution in [0.1, 0.15) is 59.9 Å². The van der Waals surface area contributed by atoms with Crippen molar-refractivity contribution in [3.63, 3.8) is 0 Å². The van der Waals surface area contributed by atoms with Crippen molar-refractivity contribution in [3.05, 3.63) is 34.6 Å². The molecule has 1 atom stereocenters. The molecule has 25 heavy (non-hydrogen) atoms. The molecule has 0 aliphatic carbocycles. The number of fused-ring (bicyclic) bond motifs is 1. The summed E-state index contributed by atoms with van der Waals surface area (Å²) in [4.78, 5) is 49.3. The van der Waals surface area contributed by atoms with Crippen molar-refractivity contribution in [3.8, 4) is 0 Å². The largest absolute Gasteiger partial charge is 0.295 e. The highest BCUT2D eigenvalue weighted by Crippen LogP contribution is 2.31. The number of halogens is 1. The number of carbonyl (C=O) groups is 4. The van der Waals surface area contributed by atoms with E-state index in [0.717, 1.165) is 11.0 Å². The minimum Gasteiger partial charge on any atom is -0.295 e. The monoisotopic (exact) mass is 346 g/mol. The average Bonchev–Trinajstić information content (AvgIpc) is 2.71. The predicted molar refractivity (Wildman–Crippen MR) is 86.2 cm³/mol. The van der Waals surface area contributed by atoms with Crippen LogP contribution in [0.4, 0.5) is 4.39 Å². The van der Waals surface area contributed by atoms with Crippen molar-refractivity contribution in [2.75, 3.05) is 0 Å². The summed E-state index contributed by atoms with van der Waals surface area (Å²) in [6, 6.07) is 1.43. The summed E-state index contributed by atoms with van der Waals surface area (Å²) in [6.45, 7) is 5.84. The van der Waals surface area contributed by atoms with Gasteiger partial charge in [-0.15, -0.1) is 0 Å². The van der Waals surface area contributed by atoms with Gasteiger partial charge in [0, 0.05) is 6.42 Å². The molecule has 6 nitrogen and oxygen atoms in total. The van der Waals surface area contributed by atoms with Gasteiger partial charge in [-0.1, -0.05) is 20.8 Å². The second-order valence-corrected chi connectivity index (χ2v) is 7.67. The van der Waals surface area contributed by atoms with E-state index in [0.29, 0.717) is 12.0 Å². The Hall–Kier alpha value is -2.57. The highest BCUT2D eigenvalue weighted by molar-refractivity contribution is 6.23. The summed E-state index contributed by atoms with van der Waals surface area (Å²) in [5.74, 6) is -2.97. The van der Waals surface area contributed by atoms with Gasteiger partial charge >= 0.3 is 0 Å². The Balaban J connectivity index is 1.97. The maximum atomic E-state index is 14.4. The molecule has 1 N–H and O–H groups in total. The van der Waals surface area contributed by atoms with Crippen LogP contribution in [0.5, 0.6) is 0 Å². The first-order chi connectivity index (χ1) is 11.6. The Morgan fingerprint density at radius 1 is 1.12 bits per heavy atom. The van der Waals surface area contributed by atoms with Crippen molar-refractivity contribution in [2.24, 2.45) is 5.41 Å². The van der Waals surface area contributed by atoms with E-state index in [9.17, 15) is 23.6 Å². The van der Waals surface area contributed by atoms with Crippen LogP contribution in [0.2, 0.25) is 0 Å². The van der Waals surface area contributed by atoms with Crippen LogP contribution in [-0.4, -0.2) is 34.6 Å². The molecule has 0 aromatic heterocycles. The number of piperidine rings is 1. The summed E-state index contributed by atoms with van der Waals surface area (Å²) in [7, 11) is 0. The van der Waals surface area contributed by atoms with E-state index < -0.39 is 35.5 Å². The molecule has 1 saturated heterocycles. The predicted octanol–water partition coefficient (Wildman–Crippen LogP) is 1.82. The lowest BCUT2D eigenvalue weighted by Gasteiger charge is -2.27. The fraction of sp³-hybridized carbons (Fsp3) is 0.444. The van der Waals surface area contributed by atoms with Gasteiger partial charge in [0.05, 0.1) is 11.1 Å². The maximum Gasteiger partial charge on any atom is 0.262 e. The molecule has 2 aliphatic heterocycles. The quantitative estimate of drug-likeness (QED) is 0.828. The standard InChI is InChI=1S/C18H19FN2O4/c1-18(2,3)8-9-6-10-11(7-12(9)19)17(25)21(16(10)24)13-4-5-14(22)20-15(13)23/h6-7,13H,4-5,8H2,1-3H3,(H,20,22,23). The van der Waals surface area contributed by atoms with Crippen molar-refractivity contribution in [1.82, 2.24) is 10.2 Å². The first kappa shape index (κ1) is 17.3. The Bertz CT molecular complexity index is 810. The summed E-state index contributed by atoms with van der Waals surface area (Å²) in [5.41, 5.74) is 0.238. The smallest absolute Gasteiger partial charge is 0.262 e. The molecule has 3 rings (SSSR count). The van der Waals surface area contributed by atoms with E-state index in [-0.39, 0.29) is 29.4 Å². The topological polar surface area (TPSA) is 83.6 Å². The normalized spacial score (nSPS) is 20.8. The second kappa shape index (κ2) is 5.75. The molecule has 0 bridgehead atoms. The molecule has 1 unspecified atom stereocenters. The average molecular weight is 346 g/mol. The molecule has 4 amide bonds. The molecule has 2 heterocycles. The van der Waals surface area contributed by atoms with Crippen LogP contribution in [0.25, 0.3) is 0 Å². The number of hydrogen-bond donors (Lipinski definition) is 1. The molecule has 0 radical (unpaired) electrons. The van der Waals surface area contributed by atoms with Crippen molar-refractivity contribution >= 4 is 23.6 Å². The van der Waals surface area contributed by atoms with Gasteiger partial charge < -0.3 is 0 Å². The van der Waals surface area contributed by atoms with Crippen LogP contribution < -0.4 is 5.32 Å². The van der Waals surface area contributed by atoms with Gasteiger partial charge in [-0.25, -0.2) is 4.39 Å². The first-order valence-electron chi connectivity index (χ1n) is 8.12. The number of amides is 4. The zero-order valence-corrected chi connectivity index (χ0v) is 14.3. The highest BCUT2D eigenvalue weighted by Gasteiger charge is 2.45. The van der Waals surface area contributed by atoms with Gasteiger partial charge in [0.2, 0.25) is 11.8 Å². The molecule has 1 aromatic carbocycles. The Labute approximate surface area is 144 Å². The highest BCUT2D eigenvalue weighted by atomic mass is 19.1. The van der Waals surface area contributed by atoms with E-state index in [4.69, 9.17) is 0 Å². The summed E-state index contributed by atoms with van der Waals surface area (Å²) in [6.07, 6.45) is 0.535. The van der Waals surface area contributed by atoms with Crippen LogP contribution in [0.15, 0.2) is 12.1 Å². The van der Waals surface area contributed by atoms with E-state index in [2.05, 4.69) is 5.32 Å². The minimum atomic E-state index is -1.04. The number of imide groups is 2. The van der Waals surface area contributed by atoms with Gasteiger partial charge in [0.1, 0.15) is 11.9 Å². The first-order valence-corrected chi connectivity index (χ1v) is 8.12. The molecular weight excluding hydrogens is 327 g/mol. The van der Waals surface area contributed by atoms with Crippen molar-refractivity contribution in [2.45, 2.75) is 46.1 Å². The Morgan fingerprint density at radius 3 is 2.28 bits per heavy atom. The van der Waals surface area contributed by atoms with Gasteiger partial charge in [-0.2, -0.15) is 0 Å².